The number of hydrogen-bond acceptors (Lipinski definition) is 4. The maximum atomic E-state index is 10.5. The topological polar surface area (TPSA) is 96.2 Å². The first-order valence-electron chi connectivity index (χ1n) is 5.02. The van der Waals surface area contributed by atoms with Crippen LogP contribution in [0.3, 0.4) is 0 Å². The maximum Gasteiger partial charge on any atom is 0.404 e. The van der Waals surface area contributed by atoms with Crippen molar-refractivity contribution in [1.29, 1.82) is 0 Å². The quantitative estimate of drug-likeness (QED) is 0.903. The number of nitrogens with zero attached hydrogens (tertiary/aromatic N) is 2. The first-order valence-corrected chi connectivity index (χ1v) is 5.77. The minimum atomic E-state index is -0.834. The Morgan fingerprint density at radius 1 is 1.39 bits per heavy atom. The summed E-state index contributed by atoms with van der Waals surface area (Å²) in [7, 11) is 0. The Morgan fingerprint density at radius 2 is 2.06 bits per heavy atom. The minimum Gasteiger partial charge on any atom is -0.448 e. The Kier molecular flexibility index (Phi) is 3.49. The van der Waals surface area contributed by atoms with Crippen LogP contribution in [0.1, 0.15) is 0 Å². The first kappa shape index (κ1) is 12.8. The molecule has 1 aromatic heterocycles. The molecule has 0 aliphatic heterocycles. The van der Waals surface area contributed by atoms with E-state index < -0.39 is 6.09 Å². The molecule has 2 aromatic rings. The molecule has 6 nitrogen and oxygen atoms in total. The summed E-state index contributed by atoms with van der Waals surface area (Å²) in [6.07, 6.45) is -0.834. The average molecular weight is 289 g/mol. The van der Waals surface area contributed by atoms with E-state index in [1.54, 1.807) is 16.7 Å². The molecule has 0 fully saturated rings. The van der Waals surface area contributed by atoms with Gasteiger partial charge in [0.15, 0.2) is 0 Å². The van der Waals surface area contributed by atoms with Crippen molar-refractivity contribution in [2.75, 3.05) is 12.3 Å². The standard InChI is InChI=1S/C10H10Cl2N4O2/c11-5-3-7-8(4-6(5)12)16(9(13)15-7)1-2-18-10(14)17/h3-4H,1-2H2,(H2,13,15)(H2,14,17). The van der Waals surface area contributed by atoms with Gasteiger partial charge in [0.1, 0.15) is 6.61 Å². The number of halogens is 2. The van der Waals surface area contributed by atoms with Crippen molar-refractivity contribution in [3.63, 3.8) is 0 Å². The van der Waals surface area contributed by atoms with Crippen molar-refractivity contribution in [2.45, 2.75) is 6.54 Å². The summed E-state index contributed by atoms with van der Waals surface area (Å²) in [4.78, 5) is 14.6. The zero-order valence-electron chi connectivity index (χ0n) is 9.19. The number of aromatic nitrogens is 2. The number of carbonyl (C=O) groups is 1. The van der Waals surface area contributed by atoms with E-state index in [0.29, 0.717) is 22.1 Å². The van der Waals surface area contributed by atoms with Crippen molar-refractivity contribution in [3.05, 3.63) is 22.2 Å². The molecule has 4 N–H and O–H groups in total. The second kappa shape index (κ2) is 4.91. The lowest BCUT2D eigenvalue weighted by molar-refractivity contribution is 0.153. The van der Waals surface area contributed by atoms with Gasteiger partial charge in [-0.25, -0.2) is 9.78 Å². The highest BCUT2D eigenvalue weighted by Crippen LogP contribution is 2.28. The fourth-order valence-electron chi connectivity index (χ4n) is 1.61. The molecule has 0 atom stereocenters. The molecular weight excluding hydrogens is 279 g/mol. The van der Waals surface area contributed by atoms with Crippen molar-refractivity contribution < 1.29 is 9.53 Å². The summed E-state index contributed by atoms with van der Waals surface area (Å²) in [5.41, 5.74) is 12.0. The molecular formula is C10H10Cl2N4O2. The Hall–Kier alpha value is -1.66. The van der Waals surface area contributed by atoms with Gasteiger partial charge in [-0.1, -0.05) is 23.2 Å². The number of carbonyl (C=O) groups excluding carboxylic acids is 1. The predicted octanol–water partition coefficient (Wildman–Crippen LogP) is 2.02. The smallest absolute Gasteiger partial charge is 0.404 e. The zero-order valence-corrected chi connectivity index (χ0v) is 10.7. The average Bonchev–Trinajstić information content (AvgIpc) is 2.56. The molecule has 1 heterocycles. The van der Waals surface area contributed by atoms with E-state index in [1.807, 2.05) is 0 Å². The molecule has 0 saturated heterocycles. The van der Waals surface area contributed by atoms with Crippen LogP contribution in [0.15, 0.2) is 12.1 Å². The van der Waals surface area contributed by atoms with Gasteiger partial charge < -0.3 is 20.8 Å². The normalized spacial score (nSPS) is 10.8. The third-order valence-electron chi connectivity index (χ3n) is 2.38. The molecule has 0 spiro atoms. The van der Waals surface area contributed by atoms with Gasteiger partial charge in [-0.3, -0.25) is 0 Å². The summed E-state index contributed by atoms with van der Waals surface area (Å²) >= 11 is 11.8. The van der Waals surface area contributed by atoms with Crippen LogP contribution in [-0.4, -0.2) is 22.3 Å². The lowest BCUT2D eigenvalue weighted by atomic mass is 10.3. The van der Waals surface area contributed by atoms with Gasteiger partial charge in [-0.05, 0) is 12.1 Å². The van der Waals surface area contributed by atoms with E-state index in [0.717, 1.165) is 5.52 Å². The molecule has 0 radical (unpaired) electrons. The highest BCUT2D eigenvalue weighted by molar-refractivity contribution is 6.42. The van der Waals surface area contributed by atoms with Gasteiger partial charge in [0, 0.05) is 0 Å². The largest absolute Gasteiger partial charge is 0.448 e. The van der Waals surface area contributed by atoms with E-state index in [2.05, 4.69) is 9.72 Å². The maximum absolute atomic E-state index is 10.5. The number of ether oxygens (including phenoxy) is 1. The van der Waals surface area contributed by atoms with Crippen LogP contribution in [-0.2, 0) is 11.3 Å². The summed E-state index contributed by atoms with van der Waals surface area (Å²) in [6, 6.07) is 3.29. The highest BCUT2D eigenvalue weighted by Gasteiger charge is 2.11. The number of benzene rings is 1. The van der Waals surface area contributed by atoms with E-state index in [4.69, 9.17) is 34.7 Å². The Labute approximate surface area is 112 Å². The Morgan fingerprint density at radius 3 is 2.72 bits per heavy atom. The van der Waals surface area contributed by atoms with Gasteiger partial charge >= 0.3 is 6.09 Å². The van der Waals surface area contributed by atoms with Crippen LogP contribution in [0, 0.1) is 0 Å². The monoisotopic (exact) mass is 288 g/mol. The van der Waals surface area contributed by atoms with Crippen LogP contribution in [0.4, 0.5) is 10.7 Å². The van der Waals surface area contributed by atoms with Crippen LogP contribution in [0.25, 0.3) is 11.0 Å². The highest BCUT2D eigenvalue weighted by atomic mass is 35.5. The Bertz CT molecular complexity index is 611. The van der Waals surface area contributed by atoms with E-state index in [9.17, 15) is 4.79 Å². The van der Waals surface area contributed by atoms with Crippen LogP contribution < -0.4 is 11.5 Å². The summed E-state index contributed by atoms with van der Waals surface area (Å²) in [5.74, 6) is 0.288. The van der Waals surface area contributed by atoms with Crippen LogP contribution >= 0.6 is 23.2 Å². The predicted molar refractivity (Wildman–Crippen MR) is 69.7 cm³/mol. The summed E-state index contributed by atoms with van der Waals surface area (Å²) in [5, 5.41) is 0.809. The number of rotatable bonds is 3. The number of fused-ring (bicyclic) bond motifs is 1. The van der Waals surface area contributed by atoms with Gasteiger partial charge in [0.05, 0.1) is 27.6 Å². The van der Waals surface area contributed by atoms with Gasteiger partial charge in [0.25, 0.3) is 0 Å². The zero-order chi connectivity index (χ0) is 13.3. The van der Waals surface area contributed by atoms with Crippen molar-refractivity contribution in [3.8, 4) is 0 Å². The third kappa shape index (κ3) is 2.44. The molecule has 1 aromatic carbocycles. The number of hydrogen-bond donors (Lipinski definition) is 2. The van der Waals surface area contributed by atoms with Crippen molar-refractivity contribution in [2.24, 2.45) is 5.73 Å². The number of amides is 1. The minimum absolute atomic E-state index is 0.102. The molecule has 8 heteroatoms. The summed E-state index contributed by atoms with van der Waals surface area (Å²) in [6.45, 7) is 0.439. The summed E-state index contributed by atoms with van der Waals surface area (Å²) < 4.78 is 6.32. The van der Waals surface area contributed by atoms with E-state index >= 15 is 0 Å². The molecule has 2 rings (SSSR count). The molecule has 96 valence electrons. The second-order valence-corrected chi connectivity index (χ2v) is 4.36. The number of anilines is 1. The molecule has 18 heavy (non-hydrogen) atoms. The number of primary amides is 1. The van der Waals surface area contributed by atoms with Crippen molar-refractivity contribution in [1.82, 2.24) is 9.55 Å². The first-order chi connectivity index (χ1) is 8.49. The SMILES string of the molecule is NC(=O)OCCn1c(N)nc2cc(Cl)c(Cl)cc21. The molecule has 0 aliphatic rings. The third-order valence-corrected chi connectivity index (χ3v) is 3.10. The van der Waals surface area contributed by atoms with Crippen LogP contribution in [0.2, 0.25) is 10.0 Å². The van der Waals surface area contributed by atoms with E-state index in [-0.39, 0.29) is 12.6 Å². The number of imidazole rings is 1. The molecule has 1 amide bonds. The van der Waals surface area contributed by atoms with E-state index in [1.165, 1.54) is 0 Å². The lowest BCUT2D eigenvalue weighted by Crippen LogP contribution is -2.17. The second-order valence-electron chi connectivity index (χ2n) is 3.54. The number of nitrogen functional groups attached to an aromatic ring is 1. The van der Waals surface area contributed by atoms with Gasteiger partial charge in [-0.15, -0.1) is 0 Å². The molecule has 0 unspecified atom stereocenters. The molecule has 0 aliphatic carbocycles. The lowest BCUT2D eigenvalue weighted by Gasteiger charge is -2.06. The van der Waals surface area contributed by atoms with Gasteiger partial charge in [-0.2, -0.15) is 0 Å². The Balaban J connectivity index is 2.34. The van der Waals surface area contributed by atoms with Gasteiger partial charge in [0.2, 0.25) is 5.95 Å². The number of nitrogens with two attached hydrogens (primary N) is 2. The van der Waals surface area contributed by atoms with Crippen LogP contribution in [0.5, 0.6) is 0 Å². The molecule has 0 saturated carbocycles. The fraction of sp³-hybridized carbons (Fsp3) is 0.200. The fourth-order valence-corrected chi connectivity index (χ4v) is 1.93. The van der Waals surface area contributed by atoms with Crippen molar-refractivity contribution >= 4 is 46.3 Å². The molecule has 0 bridgehead atoms.